The minimum absolute atomic E-state index is 0.146. The van der Waals surface area contributed by atoms with Crippen molar-refractivity contribution in [2.24, 2.45) is 17.4 Å². The van der Waals surface area contributed by atoms with E-state index in [-0.39, 0.29) is 5.92 Å². The molecule has 1 aromatic heterocycles. The maximum atomic E-state index is 10.2. The van der Waals surface area contributed by atoms with Crippen LogP contribution in [0, 0.1) is 5.92 Å². The largest absolute Gasteiger partial charge is 0.368 e. The summed E-state index contributed by atoms with van der Waals surface area (Å²) >= 11 is 0. The van der Waals surface area contributed by atoms with E-state index in [0.717, 1.165) is 0 Å². The summed E-state index contributed by atoms with van der Waals surface area (Å²) in [6.07, 6.45) is 3.50. The van der Waals surface area contributed by atoms with Crippen molar-refractivity contribution < 1.29 is 4.79 Å². The van der Waals surface area contributed by atoms with Crippen LogP contribution < -0.4 is 11.5 Å². The van der Waals surface area contributed by atoms with Crippen molar-refractivity contribution in [2.75, 3.05) is 0 Å². The lowest BCUT2D eigenvalue weighted by atomic mass is 10.1. The van der Waals surface area contributed by atoms with Crippen LogP contribution in [0.4, 0.5) is 0 Å². The fraction of sp³-hybridized carbons (Fsp3) is 0.400. The zero-order chi connectivity index (χ0) is 11.0. The highest BCUT2D eigenvalue weighted by Crippen LogP contribution is 1.95. The fourth-order valence-corrected chi connectivity index (χ4v) is 0.641. The van der Waals surface area contributed by atoms with Crippen molar-refractivity contribution in [2.45, 2.75) is 19.9 Å². The van der Waals surface area contributed by atoms with E-state index in [1.54, 1.807) is 12.4 Å². The Morgan fingerprint density at radius 2 is 1.71 bits per heavy atom. The average molecular weight is 195 g/mol. The van der Waals surface area contributed by atoms with E-state index in [0.29, 0.717) is 0 Å². The number of carbonyl (C=O) groups is 1. The third kappa shape index (κ3) is 6.14. The van der Waals surface area contributed by atoms with Gasteiger partial charge in [-0.2, -0.15) is 0 Å². The van der Waals surface area contributed by atoms with Gasteiger partial charge in [0.2, 0.25) is 5.91 Å². The first-order valence-corrected chi connectivity index (χ1v) is 4.45. The van der Waals surface area contributed by atoms with E-state index in [1.807, 2.05) is 32.0 Å². The summed E-state index contributed by atoms with van der Waals surface area (Å²) in [5, 5.41) is 0. The first-order valence-electron chi connectivity index (χ1n) is 4.45. The Hall–Kier alpha value is -1.42. The fourth-order valence-electron chi connectivity index (χ4n) is 0.641. The smallest absolute Gasteiger partial charge is 0.234 e. The summed E-state index contributed by atoms with van der Waals surface area (Å²) in [6.45, 7) is 3.71. The number of aromatic nitrogens is 1. The molecule has 0 fully saturated rings. The van der Waals surface area contributed by atoms with Gasteiger partial charge < -0.3 is 11.5 Å². The Morgan fingerprint density at radius 3 is 1.79 bits per heavy atom. The molecule has 1 heterocycles. The number of rotatable bonds is 2. The minimum atomic E-state index is -0.491. The summed E-state index contributed by atoms with van der Waals surface area (Å²) in [5.41, 5.74) is 10.2. The Kier molecular flexibility index (Phi) is 6.32. The quantitative estimate of drug-likeness (QED) is 0.722. The molecule has 4 heteroatoms. The number of primary amides is 1. The minimum Gasteiger partial charge on any atom is -0.368 e. The van der Waals surface area contributed by atoms with Gasteiger partial charge in [-0.1, -0.05) is 19.9 Å². The van der Waals surface area contributed by atoms with Gasteiger partial charge in [0.15, 0.2) is 0 Å². The summed E-state index contributed by atoms with van der Waals surface area (Å²) in [4.78, 5) is 14.0. The molecule has 0 spiro atoms. The third-order valence-electron chi connectivity index (χ3n) is 1.61. The summed E-state index contributed by atoms with van der Waals surface area (Å²) in [5.74, 6) is -0.285. The molecule has 0 saturated carbocycles. The maximum Gasteiger partial charge on any atom is 0.234 e. The Balaban J connectivity index is 0.000000249. The Bertz CT molecular complexity index is 222. The van der Waals surface area contributed by atoms with Gasteiger partial charge in [-0.05, 0) is 18.1 Å². The van der Waals surface area contributed by atoms with Crippen LogP contribution in [-0.4, -0.2) is 16.9 Å². The molecule has 14 heavy (non-hydrogen) atoms. The second-order valence-corrected chi connectivity index (χ2v) is 3.20. The monoisotopic (exact) mass is 195 g/mol. The molecule has 0 radical (unpaired) electrons. The van der Waals surface area contributed by atoms with Gasteiger partial charge in [0, 0.05) is 12.4 Å². The molecule has 1 amide bonds. The molecule has 0 aliphatic heterocycles. The molecule has 78 valence electrons. The number of amides is 1. The van der Waals surface area contributed by atoms with Crippen LogP contribution in [-0.2, 0) is 4.79 Å². The Morgan fingerprint density at radius 1 is 1.21 bits per heavy atom. The second kappa shape index (κ2) is 7.03. The highest BCUT2D eigenvalue weighted by Gasteiger charge is 2.12. The van der Waals surface area contributed by atoms with E-state index in [1.165, 1.54) is 0 Å². The van der Waals surface area contributed by atoms with Gasteiger partial charge in [0.05, 0.1) is 6.04 Å². The van der Waals surface area contributed by atoms with E-state index >= 15 is 0 Å². The standard InChI is InChI=1S/C5H12N2O.C5H5N/c1-3(2)4(6)5(7)8;1-2-4-6-5-3-1/h3-4H,6H2,1-2H3,(H2,7,8);1-5H. The van der Waals surface area contributed by atoms with Gasteiger partial charge in [-0.25, -0.2) is 0 Å². The van der Waals surface area contributed by atoms with E-state index in [2.05, 4.69) is 4.98 Å². The highest BCUT2D eigenvalue weighted by atomic mass is 16.1. The van der Waals surface area contributed by atoms with Gasteiger partial charge in [0.25, 0.3) is 0 Å². The summed E-state index contributed by atoms with van der Waals surface area (Å²) < 4.78 is 0. The second-order valence-electron chi connectivity index (χ2n) is 3.20. The molecule has 0 aliphatic rings. The van der Waals surface area contributed by atoms with Crippen molar-refractivity contribution >= 4 is 5.91 Å². The molecule has 0 saturated heterocycles. The topological polar surface area (TPSA) is 82.0 Å². The van der Waals surface area contributed by atoms with Crippen LogP contribution in [0.5, 0.6) is 0 Å². The predicted octanol–water partition coefficient (Wildman–Crippen LogP) is 0.537. The zero-order valence-electron chi connectivity index (χ0n) is 8.55. The average Bonchev–Trinajstić information content (AvgIpc) is 2.20. The van der Waals surface area contributed by atoms with Crippen molar-refractivity contribution in [3.05, 3.63) is 30.6 Å². The molecule has 1 rings (SSSR count). The molecule has 1 atom stereocenters. The lowest BCUT2D eigenvalue weighted by Gasteiger charge is -2.09. The highest BCUT2D eigenvalue weighted by molar-refractivity contribution is 5.79. The molecule has 0 bridgehead atoms. The summed E-state index contributed by atoms with van der Waals surface area (Å²) in [7, 11) is 0. The normalized spacial score (nSPS) is 11.4. The van der Waals surface area contributed by atoms with Crippen molar-refractivity contribution in [3.63, 3.8) is 0 Å². The van der Waals surface area contributed by atoms with Gasteiger partial charge in [-0.3, -0.25) is 9.78 Å². The summed E-state index contributed by atoms with van der Waals surface area (Å²) in [6, 6.07) is 5.22. The number of pyridine rings is 1. The number of carbonyl (C=O) groups excluding carboxylic acids is 1. The molecule has 0 aromatic carbocycles. The predicted molar refractivity (Wildman–Crippen MR) is 56.2 cm³/mol. The number of nitrogens with zero attached hydrogens (tertiary/aromatic N) is 1. The van der Waals surface area contributed by atoms with E-state index in [4.69, 9.17) is 11.5 Å². The molecule has 0 aliphatic carbocycles. The van der Waals surface area contributed by atoms with Crippen molar-refractivity contribution in [1.82, 2.24) is 4.98 Å². The first-order chi connectivity index (χ1) is 6.55. The van der Waals surface area contributed by atoms with Gasteiger partial charge >= 0.3 is 0 Å². The van der Waals surface area contributed by atoms with Gasteiger partial charge in [0.1, 0.15) is 0 Å². The van der Waals surface area contributed by atoms with Crippen molar-refractivity contribution in [3.8, 4) is 0 Å². The number of hydrogen-bond acceptors (Lipinski definition) is 3. The lowest BCUT2D eigenvalue weighted by Crippen LogP contribution is -2.40. The number of nitrogens with two attached hydrogens (primary N) is 2. The lowest BCUT2D eigenvalue weighted by molar-refractivity contribution is -0.120. The van der Waals surface area contributed by atoms with Crippen LogP contribution in [0.15, 0.2) is 30.6 Å². The van der Waals surface area contributed by atoms with Crippen LogP contribution in [0.1, 0.15) is 13.8 Å². The third-order valence-corrected chi connectivity index (χ3v) is 1.61. The Labute approximate surface area is 84.3 Å². The van der Waals surface area contributed by atoms with Crippen molar-refractivity contribution in [1.29, 1.82) is 0 Å². The molecule has 1 aromatic rings. The molecule has 1 unspecified atom stereocenters. The van der Waals surface area contributed by atoms with Crippen LogP contribution in [0.3, 0.4) is 0 Å². The van der Waals surface area contributed by atoms with E-state index in [9.17, 15) is 4.79 Å². The molecular weight excluding hydrogens is 178 g/mol. The van der Waals surface area contributed by atoms with Crippen LogP contribution >= 0.6 is 0 Å². The van der Waals surface area contributed by atoms with Gasteiger partial charge in [-0.15, -0.1) is 0 Å². The van der Waals surface area contributed by atoms with Crippen LogP contribution in [0.2, 0.25) is 0 Å². The van der Waals surface area contributed by atoms with Crippen LogP contribution in [0.25, 0.3) is 0 Å². The molecule has 4 N–H and O–H groups in total. The molecule has 4 nitrogen and oxygen atoms in total. The maximum absolute atomic E-state index is 10.2. The van der Waals surface area contributed by atoms with E-state index < -0.39 is 11.9 Å². The zero-order valence-corrected chi connectivity index (χ0v) is 8.55. The first kappa shape index (κ1) is 12.6. The number of hydrogen-bond donors (Lipinski definition) is 2. The molecular formula is C10H17N3O. The SMILES string of the molecule is CC(C)C(N)C(N)=O.c1ccncc1.